The molecule has 270 valence electrons. The Bertz CT molecular complexity index is 1100. The fourth-order valence-corrected chi connectivity index (χ4v) is 10.4. The summed E-state index contributed by atoms with van der Waals surface area (Å²) >= 11 is 7.86. The molecule has 9 heteroatoms. The number of hydrogen-bond donors (Lipinski definition) is 0. The van der Waals surface area contributed by atoms with Gasteiger partial charge in [0, 0.05) is 6.54 Å². The Kier molecular flexibility index (Phi) is 25.3. The van der Waals surface area contributed by atoms with Gasteiger partial charge in [-0.15, -0.1) is 5.10 Å². The van der Waals surface area contributed by atoms with Crippen molar-refractivity contribution in [2.45, 2.75) is 175 Å². The monoisotopic (exact) mass is 708 g/mol. The molecule has 1 aromatic heterocycles. The number of allylic oxidation sites excluding steroid dienone is 2. The third-order valence-electron chi connectivity index (χ3n) is 8.66. The van der Waals surface area contributed by atoms with Gasteiger partial charge < -0.3 is 9.05 Å². The van der Waals surface area contributed by atoms with Crippen LogP contribution >= 0.6 is 17.1 Å². The molecule has 0 N–H and O–H groups in total. The topological polar surface area (TPSA) is 52.4 Å². The van der Waals surface area contributed by atoms with Gasteiger partial charge in [0.2, 0.25) is 5.69 Å². The first-order valence-electron chi connectivity index (χ1n) is 19.2. The highest BCUT2D eigenvalue weighted by Gasteiger charge is 2.25. The number of rotatable bonds is 32. The van der Waals surface area contributed by atoms with Crippen LogP contribution in [-0.2, 0) is 27.5 Å². The average Bonchev–Trinajstić information content (AvgIpc) is 3.48. The van der Waals surface area contributed by atoms with Crippen LogP contribution in [0.3, 0.4) is 0 Å². The van der Waals surface area contributed by atoms with E-state index >= 15 is 0 Å². The van der Waals surface area contributed by atoms with E-state index in [1.807, 2.05) is 16.8 Å². The third-order valence-corrected chi connectivity index (χ3v) is 14.0. The number of fused-ring (bicyclic) bond motifs is 1. The van der Waals surface area contributed by atoms with Crippen LogP contribution in [-0.4, -0.2) is 45.0 Å². The summed E-state index contributed by atoms with van der Waals surface area (Å²) in [7, 11) is 0. The molecule has 0 spiro atoms. The van der Waals surface area contributed by atoms with Crippen molar-refractivity contribution in [3.8, 4) is 0 Å². The molecule has 0 bridgehead atoms. The molecule has 2 atom stereocenters. The van der Waals surface area contributed by atoms with E-state index in [-0.39, 0.29) is 6.10 Å². The average molecular weight is 709 g/mol. The molecule has 0 saturated heterocycles. The highest BCUT2D eigenvalue weighted by molar-refractivity contribution is 8.67. The number of para-hydroxylation sites is 1. The highest BCUT2D eigenvalue weighted by Crippen LogP contribution is 2.62. The molecule has 0 aliphatic carbocycles. The van der Waals surface area contributed by atoms with E-state index in [0.29, 0.717) is 13.3 Å². The normalized spacial score (nSPS) is 14.1. The minimum atomic E-state index is -2.47. The molecule has 1 aromatic carbocycles. The van der Waals surface area contributed by atoms with E-state index in [1.54, 1.807) is 11.4 Å². The Balaban J connectivity index is 1.82. The van der Waals surface area contributed by atoms with Crippen LogP contribution in [0, 0.1) is 0 Å². The molecule has 0 fully saturated rings. The van der Waals surface area contributed by atoms with E-state index < -0.39 is 5.69 Å². The van der Waals surface area contributed by atoms with Gasteiger partial charge in [0.1, 0.15) is 5.52 Å². The predicted octanol–water partition coefficient (Wildman–Crippen LogP) is 12.8. The SMILES string of the molecule is CCCCCCCC/C=C/CCCCCCCCN(CSP(=S)(OCCCC)OC(C)CCCCCC)Cn1nnc2ccccc21. The summed E-state index contributed by atoms with van der Waals surface area (Å²) in [6.45, 7) is 11.3. The van der Waals surface area contributed by atoms with Crippen molar-refractivity contribution >= 4 is 39.9 Å². The zero-order valence-electron chi connectivity index (χ0n) is 30.6. The number of hydrogen-bond acceptors (Lipinski definition) is 7. The van der Waals surface area contributed by atoms with Crippen molar-refractivity contribution < 1.29 is 9.05 Å². The quantitative estimate of drug-likeness (QED) is 0.0324. The van der Waals surface area contributed by atoms with Gasteiger partial charge in [0.25, 0.3) is 0 Å². The zero-order chi connectivity index (χ0) is 33.8. The van der Waals surface area contributed by atoms with Crippen LogP contribution in [0.25, 0.3) is 11.0 Å². The van der Waals surface area contributed by atoms with E-state index in [4.69, 9.17) is 20.9 Å². The Morgan fingerprint density at radius 3 is 2.09 bits per heavy atom. The summed E-state index contributed by atoms with van der Waals surface area (Å²) in [4.78, 5) is 2.46. The van der Waals surface area contributed by atoms with Crippen molar-refractivity contribution in [1.29, 1.82) is 0 Å². The summed E-state index contributed by atoms with van der Waals surface area (Å²) in [5, 5.41) is 8.90. The van der Waals surface area contributed by atoms with Gasteiger partial charge >= 0.3 is 0 Å². The number of unbranched alkanes of at least 4 members (excludes halogenated alkanes) is 16. The summed E-state index contributed by atoms with van der Waals surface area (Å²) in [6, 6.07) is 8.21. The first kappa shape index (κ1) is 42.4. The lowest BCUT2D eigenvalue weighted by molar-refractivity contribution is 0.187. The maximum Gasteiger partial charge on any atom is 0.248 e. The molecule has 6 nitrogen and oxygen atoms in total. The van der Waals surface area contributed by atoms with Crippen LogP contribution in [0.1, 0.15) is 163 Å². The van der Waals surface area contributed by atoms with Gasteiger partial charge in [0.05, 0.1) is 30.8 Å². The number of nitrogens with zero attached hydrogens (tertiary/aromatic N) is 4. The van der Waals surface area contributed by atoms with Crippen molar-refractivity contribution in [3.63, 3.8) is 0 Å². The lowest BCUT2D eigenvalue weighted by Gasteiger charge is -2.28. The molecule has 1 heterocycles. The standard InChI is InChI=1S/C38H69N4O2PS2/c1-5-8-11-13-14-15-16-17-18-19-20-21-22-23-24-28-32-41(34-42-38-31-27-26-30-37(38)39-40-42)35-47-45(46,43-33-10-7-3)44-36(4)29-25-12-9-6-2/h17-18,26-27,30-31,36H,5-16,19-25,28-29,32-35H2,1-4H3/b18-17+. The largest absolute Gasteiger partial charge is 0.322 e. The molecule has 2 unspecified atom stereocenters. The second kappa shape index (κ2) is 28.0. The van der Waals surface area contributed by atoms with Gasteiger partial charge in [-0.05, 0) is 75.8 Å². The van der Waals surface area contributed by atoms with Gasteiger partial charge in [-0.2, -0.15) is 0 Å². The Labute approximate surface area is 298 Å². The van der Waals surface area contributed by atoms with Crippen LogP contribution in [0.5, 0.6) is 0 Å². The summed E-state index contributed by atoms with van der Waals surface area (Å²) in [6.07, 6.45) is 31.5. The smallest absolute Gasteiger partial charge is 0.248 e. The molecule has 0 aliphatic rings. The molecule has 2 aromatic rings. The fraction of sp³-hybridized carbons (Fsp3) is 0.789. The lowest BCUT2D eigenvalue weighted by Crippen LogP contribution is -2.28. The molecule has 0 aliphatic heterocycles. The van der Waals surface area contributed by atoms with Crippen LogP contribution in [0.15, 0.2) is 36.4 Å². The molecule has 0 amide bonds. The zero-order valence-corrected chi connectivity index (χ0v) is 33.1. The molecule has 2 rings (SSSR count). The van der Waals surface area contributed by atoms with Crippen LogP contribution in [0.4, 0.5) is 0 Å². The second-order valence-electron chi connectivity index (χ2n) is 13.2. The van der Waals surface area contributed by atoms with Gasteiger partial charge in [-0.1, -0.05) is 152 Å². The van der Waals surface area contributed by atoms with Crippen molar-refractivity contribution in [3.05, 3.63) is 36.4 Å². The Hall–Kier alpha value is -0.760. The minimum Gasteiger partial charge on any atom is -0.322 e. The van der Waals surface area contributed by atoms with Gasteiger partial charge in [-0.3, -0.25) is 4.90 Å². The van der Waals surface area contributed by atoms with Crippen molar-refractivity contribution in [1.82, 2.24) is 19.9 Å². The van der Waals surface area contributed by atoms with E-state index in [0.717, 1.165) is 42.7 Å². The lowest BCUT2D eigenvalue weighted by atomic mass is 10.1. The van der Waals surface area contributed by atoms with Crippen LogP contribution in [0.2, 0.25) is 0 Å². The first-order valence-corrected chi connectivity index (χ1v) is 23.5. The Morgan fingerprint density at radius 2 is 1.40 bits per heavy atom. The molecular formula is C38H69N4O2PS2. The summed E-state index contributed by atoms with van der Waals surface area (Å²) < 4.78 is 14.9. The molecule has 0 saturated carbocycles. The second-order valence-corrected chi connectivity index (χ2v) is 19.4. The van der Waals surface area contributed by atoms with Crippen LogP contribution < -0.4 is 0 Å². The maximum absolute atomic E-state index is 6.56. The summed E-state index contributed by atoms with van der Waals surface area (Å²) in [5.74, 6) is 0.769. The van der Waals surface area contributed by atoms with E-state index in [9.17, 15) is 0 Å². The van der Waals surface area contributed by atoms with Crippen molar-refractivity contribution in [2.24, 2.45) is 0 Å². The van der Waals surface area contributed by atoms with Crippen molar-refractivity contribution in [2.75, 3.05) is 19.0 Å². The van der Waals surface area contributed by atoms with Gasteiger partial charge in [-0.25, -0.2) is 4.68 Å². The Morgan fingerprint density at radius 1 is 0.809 bits per heavy atom. The molecule has 0 radical (unpaired) electrons. The maximum atomic E-state index is 6.56. The first-order chi connectivity index (χ1) is 23.0. The van der Waals surface area contributed by atoms with E-state index in [1.165, 1.54) is 116 Å². The van der Waals surface area contributed by atoms with Gasteiger partial charge in [0.15, 0.2) is 0 Å². The minimum absolute atomic E-state index is 0.121. The number of aromatic nitrogens is 3. The third kappa shape index (κ3) is 20.5. The molecular weight excluding hydrogens is 640 g/mol. The fourth-order valence-electron chi connectivity index (χ4n) is 5.67. The molecule has 47 heavy (non-hydrogen) atoms. The summed E-state index contributed by atoms with van der Waals surface area (Å²) in [5.41, 5.74) is -0.467. The van der Waals surface area contributed by atoms with E-state index in [2.05, 4.69) is 67.2 Å². The number of benzene rings is 1. The predicted molar refractivity (Wildman–Crippen MR) is 211 cm³/mol. The highest BCUT2D eigenvalue weighted by atomic mass is 32.9.